The minimum Gasteiger partial charge on any atom is -0.328 e. The molecule has 0 aliphatic heterocycles. The molecule has 1 fully saturated rings. The average molecular weight is 326 g/mol. The third-order valence-electron chi connectivity index (χ3n) is 2.93. The molecular formula is C12H17Ho-. The fourth-order valence-electron chi connectivity index (χ4n) is 2.20. The van der Waals surface area contributed by atoms with Crippen LogP contribution in [0.5, 0.6) is 0 Å². The second-order valence-electron chi connectivity index (χ2n) is 3.82. The molecule has 1 radical (unpaired) electrons. The molecule has 13 heavy (non-hydrogen) atoms. The predicted octanol–water partition coefficient (Wildman–Crippen LogP) is 3.66. The van der Waals surface area contributed by atoms with Crippen molar-refractivity contribution in [1.29, 1.82) is 0 Å². The number of hydrogen-bond donors (Lipinski definition) is 0. The summed E-state index contributed by atoms with van der Waals surface area (Å²) in [7, 11) is 0. The Balaban J connectivity index is 0.000000845. The first-order chi connectivity index (χ1) is 5.97. The Hall–Kier alpha value is 0.740. The van der Waals surface area contributed by atoms with Gasteiger partial charge in [0, 0.05) is 37.7 Å². The van der Waals surface area contributed by atoms with E-state index in [1.165, 1.54) is 38.5 Å². The van der Waals surface area contributed by atoms with Crippen LogP contribution in [0.15, 0.2) is 23.8 Å². The largest absolute Gasteiger partial charge is 0.328 e. The van der Waals surface area contributed by atoms with E-state index in [9.17, 15) is 0 Å². The average Bonchev–Trinajstić information content (AvgIpc) is 2.21. The molecule has 1 heteroatoms. The quantitative estimate of drug-likeness (QED) is 0.510. The van der Waals surface area contributed by atoms with E-state index in [1.54, 1.807) is 5.57 Å². The molecule has 0 aromatic heterocycles. The first kappa shape index (κ1) is 11.8. The van der Waals surface area contributed by atoms with Gasteiger partial charge >= 0.3 is 0 Å². The Bertz CT molecular complexity index is 197. The molecular weight excluding hydrogens is 309 g/mol. The van der Waals surface area contributed by atoms with Gasteiger partial charge in [0.05, 0.1) is 0 Å². The zero-order valence-corrected chi connectivity index (χ0v) is 9.87. The van der Waals surface area contributed by atoms with Crippen LogP contribution in [0.1, 0.15) is 38.5 Å². The van der Waals surface area contributed by atoms with Crippen LogP contribution >= 0.6 is 0 Å². The predicted molar refractivity (Wildman–Crippen MR) is 52.7 cm³/mol. The third kappa shape index (κ3) is 3.42. The van der Waals surface area contributed by atoms with E-state index < -0.39 is 0 Å². The van der Waals surface area contributed by atoms with Crippen molar-refractivity contribution < 1.29 is 37.7 Å². The molecule has 0 heterocycles. The van der Waals surface area contributed by atoms with E-state index in [-0.39, 0.29) is 37.7 Å². The summed E-state index contributed by atoms with van der Waals surface area (Å²) >= 11 is 0. The van der Waals surface area contributed by atoms with Crippen molar-refractivity contribution in [2.75, 3.05) is 0 Å². The molecule has 0 bridgehead atoms. The maximum atomic E-state index is 2.44. The molecule has 2 aliphatic carbocycles. The molecule has 0 spiro atoms. The molecule has 0 unspecified atom stereocenters. The molecule has 2 aliphatic rings. The van der Waals surface area contributed by atoms with Crippen LogP contribution in [0.2, 0.25) is 0 Å². The summed E-state index contributed by atoms with van der Waals surface area (Å²) < 4.78 is 0. The van der Waals surface area contributed by atoms with Crippen LogP contribution in [0, 0.1) is 50.1 Å². The van der Waals surface area contributed by atoms with Crippen molar-refractivity contribution in [3.63, 3.8) is 0 Å². The molecule has 0 aromatic carbocycles. The minimum atomic E-state index is 0. The first-order valence-electron chi connectivity index (χ1n) is 5.15. The normalized spacial score (nSPS) is 23.5. The van der Waals surface area contributed by atoms with E-state index in [0.29, 0.717) is 0 Å². The number of rotatable bonds is 1. The zero-order valence-electron chi connectivity index (χ0n) is 7.93. The van der Waals surface area contributed by atoms with Crippen molar-refractivity contribution >= 4 is 0 Å². The maximum absolute atomic E-state index is 2.44. The maximum Gasteiger partial charge on any atom is 0 e. The van der Waals surface area contributed by atoms with Crippen LogP contribution < -0.4 is 0 Å². The van der Waals surface area contributed by atoms with Gasteiger partial charge in [0.15, 0.2) is 0 Å². The molecule has 77 valence electrons. The van der Waals surface area contributed by atoms with Crippen molar-refractivity contribution in [3.05, 3.63) is 30.2 Å². The SMILES string of the molecule is C1=CC(C2CC[CH-]CC2)=CCC1.[Ho]. The van der Waals surface area contributed by atoms with Crippen LogP contribution in [-0.4, -0.2) is 0 Å². The Morgan fingerprint density at radius 2 is 1.92 bits per heavy atom. The molecule has 0 nitrogen and oxygen atoms in total. The van der Waals surface area contributed by atoms with Gasteiger partial charge < -0.3 is 6.42 Å². The molecule has 1 saturated carbocycles. The van der Waals surface area contributed by atoms with Gasteiger partial charge in [-0.3, -0.25) is 0 Å². The fourth-order valence-corrected chi connectivity index (χ4v) is 2.20. The van der Waals surface area contributed by atoms with E-state index in [0.717, 1.165) is 5.92 Å². The topological polar surface area (TPSA) is 0 Å². The summed E-state index contributed by atoms with van der Waals surface area (Å²) in [4.78, 5) is 0. The molecule has 0 aromatic rings. The molecule has 0 saturated heterocycles. The molecule has 0 atom stereocenters. The Kier molecular flexibility index (Phi) is 5.69. The van der Waals surface area contributed by atoms with Crippen molar-refractivity contribution in [1.82, 2.24) is 0 Å². The van der Waals surface area contributed by atoms with Crippen molar-refractivity contribution in [3.8, 4) is 0 Å². The number of allylic oxidation sites excluding steroid dienone is 4. The fraction of sp³-hybridized carbons (Fsp3) is 0.583. The molecule has 0 N–H and O–H groups in total. The van der Waals surface area contributed by atoms with Gasteiger partial charge in [-0.25, -0.2) is 0 Å². The first-order valence-corrected chi connectivity index (χ1v) is 5.15. The number of hydrogen-bond acceptors (Lipinski definition) is 0. The second kappa shape index (κ2) is 6.27. The summed E-state index contributed by atoms with van der Waals surface area (Å²) in [5, 5.41) is 0. The monoisotopic (exact) mass is 326 g/mol. The van der Waals surface area contributed by atoms with E-state index in [4.69, 9.17) is 0 Å². The summed E-state index contributed by atoms with van der Waals surface area (Å²) in [6.45, 7) is 0. The van der Waals surface area contributed by atoms with Gasteiger partial charge in [0.1, 0.15) is 0 Å². The standard InChI is InChI=1S/C12H17.Ho/c1-3-7-11(8-4-1)12-9-5-2-6-10-12;/h1,5,9-11H,2-4,6-8H2;/q-1;. The van der Waals surface area contributed by atoms with Gasteiger partial charge in [0.2, 0.25) is 0 Å². The van der Waals surface area contributed by atoms with E-state index >= 15 is 0 Å². The van der Waals surface area contributed by atoms with Crippen molar-refractivity contribution in [2.24, 2.45) is 5.92 Å². The van der Waals surface area contributed by atoms with Gasteiger partial charge in [0.25, 0.3) is 0 Å². The summed E-state index contributed by atoms with van der Waals surface area (Å²) in [6, 6.07) is 0. The van der Waals surface area contributed by atoms with Crippen LogP contribution in [0.25, 0.3) is 0 Å². The zero-order chi connectivity index (χ0) is 8.23. The Labute approximate surface area is 111 Å². The van der Waals surface area contributed by atoms with Crippen LogP contribution in [0.3, 0.4) is 0 Å². The van der Waals surface area contributed by atoms with E-state index in [1.807, 2.05) is 0 Å². The Morgan fingerprint density at radius 1 is 1.15 bits per heavy atom. The van der Waals surface area contributed by atoms with Gasteiger partial charge in [-0.15, -0.1) is 0 Å². The van der Waals surface area contributed by atoms with Gasteiger partial charge in [-0.05, 0) is 24.3 Å². The molecule has 0 amide bonds. The summed E-state index contributed by atoms with van der Waals surface area (Å²) in [6.07, 6.45) is 17.5. The van der Waals surface area contributed by atoms with Crippen molar-refractivity contribution in [2.45, 2.75) is 38.5 Å². The van der Waals surface area contributed by atoms with E-state index in [2.05, 4.69) is 24.6 Å². The smallest absolute Gasteiger partial charge is 0 e. The second-order valence-corrected chi connectivity index (χ2v) is 3.82. The van der Waals surface area contributed by atoms with Crippen LogP contribution in [-0.2, 0) is 0 Å². The minimum absolute atomic E-state index is 0. The summed E-state index contributed by atoms with van der Waals surface area (Å²) in [5.74, 6) is 0.881. The van der Waals surface area contributed by atoms with Crippen LogP contribution in [0.4, 0.5) is 0 Å². The van der Waals surface area contributed by atoms with Gasteiger partial charge in [-0.2, -0.15) is 12.8 Å². The Morgan fingerprint density at radius 3 is 2.54 bits per heavy atom. The summed E-state index contributed by atoms with van der Waals surface area (Å²) in [5.41, 5.74) is 1.62. The van der Waals surface area contributed by atoms with Gasteiger partial charge in [-0.1, -0.05) is 31.1 Å². The third-order valence-corrected chi connectivity index (χ3v) is 2.93. The molecule has 2 rings (SSSR count).